The molecule has 2 aliphatic heterocycles. The number of anilines is 3. The van der Waals surface area contributed by atoms with E-state index in [0.29, 0.717) is 0 Å². The smallest absolute Gasteiger partial charge is 0.375 e. The van der Waals surface area contributed by atoms with E-state index in [1.165, 1.54) is 137 Å². The summed E-state index contributed by atoms with van der Waals surface area (Å²) < 4.78 is 10.4. The van der Waals surface area contributed by atoms with E-state index in [1.807, 2.05) is 0 Å². The molecule has 3 aliphatic carbocycles. The van der Waals surface area contributed by atoms with Crippen molar-refractivity contribution < 1.29 is 4.42 Å². The number of nitrogens with zero attached hydrogens (tertiary/aromatic N) is 2. The van der Waals surface area contributed by atoms with Gasteiger partial charge in [0.05, 0.1) is 5.69 Å². The summed E-state index contributed by atoms with van der Waals surface area (Å²) in [6.07, 6.45) is 8.17. The number of benzene rings is 6. The lowest BCUT2D eigenvalue weighted by Crippen LogP contribution is -2.56. The molecule has 0 saturated heterocycles. The summed E-state index contributed by atoms with van der Waals surface area (Å²) in [7, 11) is 0. The van der Waals surface area contributed by atoms with Crippen molar-refractivity contribution in [1.29, 1.82) is 0 Å². The third-order valence-electron chi connectivity index (χ3n) is 17.8. The van der Waals surface area contributed by atoms with E-state index in [2.05, 4.69) is 183 Å². The number of hydrogen-bond acceptors (Lipinski definition) is 2. The molecule has 2 aromatic heterocycles. The average molecular weight is 851 g/mol. The highest BCUT2D eigenvalue weighted by atomic mass is 16.3. The lowest BCUT2D eigenvalue weighted by molar-refractivity contribution is 0.332. The lowest BCUT2D eigenvalue weighted by atomic mass is 9.47. The van der Waals surface area contributed by atoms with Gasteiger partial charge in [0, 0.05) is 49.5 Å². The maximum Gasteiger partial charge on any atom is 0.375 e. The summed E-state index contributed by atoms with van der Waals surface area (Å²) in [6.45, 7) is 26.8. The minimum Gasteiger partial charge on any atom is -0.466 e. The van der Waals surface area contributed by atoms with Gasteiger partial charge in [-0.15, -0.1) is 0 Å². The van der Waals surface area contributed by atoms with Gasteiger partial charge in [0.15, 0.2) is 0 Å². The van der Waals surface area contributed by atoms with Crippen molar-refractivity contribution in [3.05, 3.63) is 136 Å². The van der Waals surface area contributed by atoms with Crippen molar-refractivity contribution in [3.63, 3.8) is 0 Å². The number of para-hydroxylation sites is 1. The van der Waals surface area contributed by atoms with Gasteiger partial charge in [0.25, 0.3) is 0 Å². The summed E-state index contributed by atoms with van der Waals surface area (Å²) in [6, 6.07) is 38.9. The predicted molar refractivity (Wildman–Crippen MR) is 277 cm³/mol. The first-order chi connectivity index (χ1) is 30.9. The number of unbranched alkanes of at least 4 members (excludes halogenated alkanes) is 1. The lowest BCUT2D eigenvalue weighted by Gasteiger charge is -2.44. The number of furan rings is 1. The molecule has 4 heteroatoms. The van der Waals surface area contributed by atoms with Gasteiger partial charge in [0.2, 0.25) is 0 Å². The molecule has 5 aliphatic rings. The van der Waals surface area contributed by atoms with Crippen LogP contribution in [0.1, 0.15) is 154 Å². The zero-order chi connectivity index (χ0) is 44.9. The van der Waals surface area contributed by atoms with Gasteiger partial charge in [-0.2, -0.15) is 0 Å². The highest BCUT2D eigenvalue weighted by molar-refractivity contribution is 6.89. The number of aryl methyl sites for hydroxylation is 1. The van der Waals surface area contributed by atoms with Crippen molar-refractivity contribution in [2.75, 3.05) is 4.90 Å². The van der Waals surface area contributed by atoms with E-state index in [-0.39, 0.29) is 33.9 Å². The molecule has 0 spiro atoms. The number of hydrogen-bond donors (Lipinski definition) is 0. The van der Waals surface area contributed by atoms with E-state index in [9.17, 15) is 0 Å². The fraction of sp³-hybridized carbons (Fsp3) is 0.377. The Labute approximate surface area is 386 Å². The molecule has 0 fully saturated rings. The Morgan fingerprint density at radius 3 is 1.97 bits per heavy atom. The van der Waals surface area contributed by atoms with Crippen LogP contribution in [0.25, 0.3) is 55.0 Å². The Hall–Kier alpha value is -5.48. The van der Waals surface area contributed by atoms with Crippen LogP contribution in [-0.4, -0.2) is 11.3 Å². The first-order valence-corrected chi connectivity index (χ1v) is 24.9. The summed E-state index contributed by atoms with van der Waals surface area (Å²) in [5, 5.41) is 3.91. The molecule has 8 aromatic rings. The summed E-state index contributed by atoms with van der Waals surface area (Å²) in [5.41, 5.74) is 25.3. The molecule has 0 unspecified atom stereocenters. The molecule has 6 aromatic carbocycles. The molecule has 13 rings (SSSR count). The van der Waals surface area contributed by atoms with Gasteiger partial charge in [0.1, 0.15) is 11.2 Å². The number of aromatic nitrogens is 1. The molecule has 0 bridgehead atoms. The minimum atomic E-state index is -0.254. The van der Waals surface area contributed by atoms with E-state index >= 15 is 0 Å². The molecule has 0 N–H and O–H groups in total. The summed E-state index contributed by atoms with van der Waals surface area (Å²) in [5.74, 6) is 0. The van der Waals surface area contributed by atoms with E-state index in [4.69, 9.17) is 4.42 Å². The van der Waals surface area contributed by atoms with Gasteiger partial charge in [-0.05, 0) is 164 Å². The molecular formula is C61H63BN2O. The van der Waals surface area contributed by atoms with Crippen molar-refractivity contribution in [3.8, 4) is 22.3 Å². The fourth-order valence-electron chi connectivity index (χ4n) is 13.9. The maximum absolute atomic E-state index is 7.72. The normalized spacial score (nSPS) is 19.5. The standard InChI is InChI=1S/C61H63BN2O/c1-12-13-17-35-22-25-49-40(30-35)38-19-16-20-39-42-32-41-37-18-14-15-21-44(37)61(10,11)51(41)55-52(42)62(64(49)53(38)39)56-54(43-33-47-48(34-50(43)65-56)60(8,9)29-28-59(47,6)7)63(55)36-23-24-45-46(31-36)58(4,5)27-26-57(45,2)3/h14-16,18-25,30-34H,12-13,17,26-29H2,1-11H3. The highest BCUT2D eigenvalue weighted by Gasteiger charge is 2.52. The van der Waals surface area contributed by atoms with E-state index in [0.717, 1.165) is 30.5 Å². The molecule has 0 amide bonds. The second-order valence-electron chi connectivity index (χ2n) is 24.0. The van der Waals surface area contributed by atoms with Gasteiger partial charge in [-0.3, -0.25) is 0 Å². The Bertz CT molecular complexity index is 3420. The first kappa shape index (κ1) is 39.9. The Morgan fingerprint density at radius 2 is 1.23 bits per heavy atom. The molecule has 326 valence electrons. The molecule has 0 saturated carbocycles. The van der Waals surface area contributed by atoms with Gasteiger partial charge >= 0.3 is 6.85 Å². The number of fused-ring (bicyclic) bond motifs is 15. The number of rotatable bonds is 4. The van der Waals surface area contributed by atoms with Gasteiger partial charge in [-0.25, -0.2) is 0 Å². The van der Waals surface area contributed by atoms with Gasteiger partial charge in [-0.1, -0.05) is 137 Å². The van der Waals surface area contributed by atoms with E-state index in [1.54, 1.807) is 0 Å². The van der Waals surface area contributed by atoms with Crippen LogP contribution in [-0.2, 0) is 33.5 Å². The zero-order valence-electron chi connectivity index (χ0n) is 40.6. The van der Waals surface area contributed by atoms with Crippen LogP contribution in [0.3, 0.4) is 0 Å². The summed E-state index contributed by atoms with van der Waals surface area (Å²) in [4.78, 5) is 2.73. The molecule has 3 nitrogen and oxygen atoms in total. The molecular weight excluding hydrogens is 787 g/mol. The van der Waals surface area contributed by atoms with E-state index < -0.39 is 0 Å². The van der Waals surface area contributed by atoms with Crippen LogP contribution >= 0.6 is 0 Å². The Morgan fingerprint density at radius 1 is 0.554 bits per heavy atom. The molecule has 4 heterocycles. The van der Waals surface area contributed by atoms with Crippen molar-refractivity contribution in [2.45, 2.75) is 148 Å². The molecule has 0 atom stereocenters. The fourth-order valence-corrected chi connectivity index (χ4v) is 13.9. The van der Waals surface area contributed by atoms with Crippen LogP contribution < -0.4 is 16.0 Å². The second kappa shape index (κ2) is 12.7. The van der Waals surface area contributed by atoms with Crippen molar-refractivity contribution in [1.82, 2.24) is 4.48 Å². The quantitative estimate of drug-likeness (QED) is 0.165. The Balaban J connectivity index is 1.22. The maximum atomic E-state index is 7.72. The average Bonchev–Trinajstić information content (AvgIpc) is 3.90. The largest absolute Gasteiger partial charge is 0.466 e. The molecule has 0 radical (unpaired) electrons. The monoisotopic (exact) mass is 851 g/mol. The Kier molecular flexibility index (Phi) is 7.78. The summed E-state index contributed by atoms with van der Waals surface area (Å²) >= 11 is 0. The van der Waals surface area contributed by atoms with Crippen LogP contribution in [0.2, 0.25) is 0 Å². The van der Waals surface area contributed by atoms with Gasteiger partial charge < -0.3 is 13.8 Å². The zero-order valence-corrected chi connectivity index (χ0v) is 40.6. The van der Waals surface area contributed by atoms with Crippen LogP contribution in [0.5, 0.6) is 0 Å². The predicted octanol–water partition coefficient (Wildman–Crippen LogP) is 15.3. The topological polar surface area (TPSA) is 21.3 Å². The van der Waals surface area contributed by atoms with Crippen LogP contribution in [0.4, 0.5) is 17.1 Å². The second-order valence-corrected chi connectivity index (χ2v) is 24.0. The third kappa shape index (κ3) is 5.10. The van der Waals surface area contributed by atoms with Crippen LogP contribution in [0.15, 0.2) is 101 Å². The SMILES string of the molecule is CCCCc1ccc2c(c1)c1cccc3c1n2B1c2oc4cc5c(cc4c2N(c2ccc4c(c2)C(C)(C)CCC4(C)C)c2c1c-3cc1c2C(C)(C)c2ccccc2-1)C(C)(C)CCC5(C)C. The first-order valence-electron chi connectivity index (χ1n) is 24.9. The van der Waals surface area contributed by atoms with Crippen molar-refractivity contribution >= 4 is 67.8 Å². The third-order valence-corrected chi connectivity index (χ3v) is 17.8. The highest BCUT2D eigenvalue weighted by Crippen LogP contribution is 2.59. The minimum absolute atomic E-state index is 0.0438. The van der Waals surface area contributed by atoms with Crippen LogP contribution in [0, 0.1) is 0 Å². The molecule has 65 heavy (non-hydrogen) atoms. The van der Waals surface area contributed by atoms with Crippen molar-refractivity contribution in [2.24, 2.45) is 0 Å².